The summed E-state index contributed by atoms with van der Waals surface area (Å²) in [5.74, 6) is 1.66. The molecule has 1 amide bonds. The number of benzene rings is 3. The van der Waals surface area contributed by atoms with Gasteiger partial charge in [-0.1, -0.05) is 53.8 Å². The number of amides is 1. The van der Waals surface area contributed by atoms with Crippen LogP contribution < -0.4 is 14.4 Å². The van der Waals surface area contributed by atoms with Gasteiger partial charge in [0.2, 0.25) is 5.91 Å². The molecule has 0 fully saturated rings. The van der Waals surface area contributed by atoms with Crippen molar-refractivity contribution in [2.24, 2.45) is 0 Å². The molecular weight excluding hydrogens is 446 g/mol. The van der Waals surface area contributed by atoms with E-state index < -0.39 is 5.92 Å². The van der Waals surface area contributed by atoms with Gasteiger partial charge in [-0.05, 0) is 44.8 Å². The van der Waals surface area contributed by atoms with Crippen LogP contribution in [0.3, 0.4) is 0 Å². The van der Waals surface area contributed by atoms with Gasteiger partial charge in [-0.3, -0.25) is 9.69 Å². The Morgan fingerprint density at radius 2 is 1.65 bits per heavy atom. The van der Waals surface area contributed by atoms with E-state index in [0.717, 1.165) is 26.9 Å². The standard InChI is InChI=1S/C27H27N3O3S/c1-17-13-14-22(32-4)24-25(17)34-27(28-24)30(16-15-29(2)3)26(31)23-18-9-5-7-11-20(18)33-21-12-8-6-10-19(21)23/h5-14,23H,15-16H2,1-4H3. The molecule has 0 atom stereocenters. The van der Waals surface area contributed by atoms with E-state index in [0.29, 0.717) is 35.5 Å². The van der Waals surface area contributed by atoms with Crippen LogP contribution in [0.2, 0.25) is 0 Å². The van der Waals surface area contributed by atoms with E-state index in [9.17, 15) is 4.79 Å². The number of hydrogen-bond donors (Lipinski definition) is 0. The van der Waals surface area contributed by atoms with Gasteiger partial charge in [0.25, 0.3) is 0 Å². The van der Waals surface area contributed by atoms with E-state index in [1.807, 2.05) is 79.7 Å². The van der Waals surface area contributed by atoms with Crippen molar-refractivity contribution in [3.63, 3.8) is 0 Å². The number of thiazole rings is 1. The Labute approximate surface area is 203 Å². The van der Waals surface area contributed by atoms with Crippen molar-refractivity contribution in [1.29, 1.82) is 0 Å². The van der Waals surface area contributed by atoms with Crippen molar-refractivity contribution in [1.82, 2.24) is 9.88 Å². The molecule has 0 bridgehead atoms. The van der Waals surface area contributed by atoms with Crippen LogP contribution in [0.25, 0.3) is 10.2 Å². The van der Waals surface area contributed by atoms with Crippen LogP contribution in [0.4, 0.5) is 5.13 Å². The summed E-state index contributed by atoms with van der Waals surface area (Å²) in [6.45, 7) is 3.29. The lowest BCUT2D eigenvalue weighted by Crippen LogP contribution is -2.40. The fourth-order valence-corrected chi connectivity index (χ4v) is 5.39. The Morgan fingerprint density at radius 1 is 1.00 bits per heavy atom. The average Bonchev–Trinajstić information content (AvgIpc) is 3.28. The van der Waals surface area contributed by atoms with Crippen molar-refractivity contribution < 1.29 is 14.3 Å². The smallest absolute Gasteiger partial charge is 0.241 e. The van der Waals surface area contributed by atoms with Crippen LogP contribution in [0.1, 0.15) is 22.6 Å². The van der Waals surface area contributed by atoms with Crippen LogP contribution in [-0.2, 0) is 4.79 Å². The molecule has 0 saturated carbocycles. The van der Waals surface area contributed by atoms with E-state index in [1.165, 1.54) is 11.3 Å². The molecule has 1 aliphatic rings. The van der Waals surface area contributed by atoms with Crippen molar-refractivity contribution in [3.8, 4) is 17.2 Å². The van der Waals surface area contributed by atoms with Crippen LogP contribution in [0, 0.1) is 6.92 Å². The van der Waals surface area contributed by atoms with Gasteiger partial charge in [0.15, 0.2) is 5.13 Å². The molecule has 0 unspecified atom stereocenters. The molecule has 0 saturated heterocycles. The lowest BCUT2D eigenvalue weighted by molar-refractivity contribution is -0.119. The van der Waals surface area contributed by atoms with E-state index in [4.69, 9.17) is 14.5 Å². The minimum atomic E-state index is -0.474. The molecule has 4 aromatic rings. The number of aromatic nitrogens is 1. The highest BCUT2D eigenvalue weighted by molar-refractivity contribution is 7.22. The van der Waals surface area contributed by atoms with Crippen LogP contribution in [0.15, 0.2) is 60.7 Å². The number of aryl methyl sites for hydroxylation is 1. The number of carbonyl (C=O) groups is 1. The Hall–Kier alpha value is -3.42. The third-order valence-electron chi connectivity index (χ3n) is 6.11. The van der Waals surface area contributed by atoms with Gasteiger partial charge in [0.1, 0.15) is 22.8 Å². The number of carbonyl (C=O) groups excluding carboxylic acids is 1. The van der Waals surface area contributed by atoms with E-state index in [2.05, 4.69) is 11.8 Å². The molecular formula is C27H27N3O3S. The Balaban J connectivity index is 1.64. The zero-order chi connectivity index (χ0) is 23.8. The number of para-hydroxylation sites is 2. The second kappa shape index (κ2) is 9.08. The van der Waals surface area contributed by atoms with Crippen LogP contribution in [0.5, 0.6) is 17.2 Å². The van der Waals surface area contributed by atoms with Crippen molar-refractivity contribution in [2.45, 2.75) is 12.8 Å². The monoisotopic (exact) mass is 473 g/mol. The molecule has 0 radical (unpaired) electrons. The topological polar surface area (TPSA) is 54.9 Å². The van der Waals surface area contributed by atoms with Gasteiger partial charge >= 0.3 is 0 Å². The van der Waals surface area contributed by atoms with Gasteiger partial charge in [-0.2, -0.15) is 0 Å². The fraction of sp³-hybridized carbons (Fsp3) is 0.259. The molecule has 0 N–H and O–H groups in total. The molecule has 2 heterocycles. The highest BCUT2D eigenvalue weighted by Gasteiger charge is 2.36. The lowest BCUT2D eigenvalue weighted by atomic mass is 9.87. The Kier molecular flexibility index (Phi) is 5.98. The number of ether oxygens (including phenoxy) is 2. The van der Waals surface area contributed by atoms with Gasteiger partial charge in [-0.25, -0.2) is 4.98 Å². The van der Waals surface area contributed by atoms with E-state index >= 15 is 0 Å². The summed E-state index contributed by atoms with van der Waals surface area (Å²) >= 11 is 1.53. The summed E-state index contributed by atoms with van der Waals surface area (Å²) in [7, 11) is 5.66. The molecule has 0 spiro atoms. The highest BCUT2D eigenvalue weighted by Crippen LogP contribution is 2.46. The van der Waals surface area contributed by atoms with Crippen molar-refractivity contribution in [3.05, 3.63) is 77.4 Å². The Bertz CT molecular complexity index is 1320. The van der Waals surface area contributed by atoms with Crippen molar-refractivity contribution in [2.75, 3.05) is 39.2 Å². The summed E-state index contributed by atoms with van der Waals surface area (Å²) in [5.41, 5.74) is 3.64. The maximum absolute atomic E-state index is 14.3. The first kappa shape index (κ1) is 22.4. The maximum atomic E-state index is 14.3. The molecule has 174 valence electrons. The SMILES string of the molecule is COc1ccc(C)c2sc(N(CCN(C)C)C(=O)C3c4ccccc4Oc4ccccc43)nc12. The maximum Gasteiger partial charge on any atom is 0.241 e. The molecule has 6 nitrogen and oxygen atoms in total. The molecule has 1 aromatic heterocycles. The minimum absolute atomic E-state index is 0.0132. The zero-order valence-corrected chi connectivity index (χ0v) is 20.6. The highest BCUT2D eigenvalue weighted by atomic mass is 32.1. The largest absolute Gasteiger partial charge is 0.494 e. The second-order valence-electron chi connectivity index (χ2n) is 8.66. The molecule has 34 heavy (non-hydrogen) atoms. The molecule has 5 rings (SSSR count). The number of rotatable bonds is 6. The number of anilines is 1. The molecule has 3 aromatic carbocycles. The third kappa shape index (κ3) is 3.91. The van der Waals surface area contributed by atoms with Crippen LogP contribution >= 0.6 is 11.3 Å². The summed E-state index contributed by atoms with van der Waals surface area (Å²) in [6, 6.07) is 19.5. The third-order valence-corrected chi connectivity index (χ3v) is 7.32. The summed E-state index contributed by atoms with van der Waals surface area (Å²) < 4.78 is 12.7. The molecule has 0 aliphatic carbocycles. The van der Waals surface area contributed by atoms with Gasteiger partial charge in [0, 0.05) is 24.2 Å². The van der Waals surface area contributed by atoms with Gasteiger partial charge in [0.05, 0.1) is 17.7 Å². The molecule has 7 heteroatoms. The van der Waals surface area contributed by atoms with Gasteiger partial charge in [-0.15, -0.1) is 0 Å². The number of hydrogen-bond acceptors (Lipinski definition) is 6. The summed E-state index contributed by atoms with van der Waals surface area (Å²) in [4.78, 5) is 23.1. The first-order valence-corrected chi connectivity index (χ1v) is 12.1. The first-order chi connectivity index (χ1) is 16.5. The normalized spacial score (nSPS) is 12.9. The summed E-state index contributed by atoms with van der Waals surface area (Å²) in [6.07, 6.45) is 0. The van der Waals surface area contributed by atoms with E-state index in [-0.39, 0.29) is 5.91 Å². The fourth-order valence-electron chi connectivity index (χ4n) is 4.31. The Morgan fingerprint density at radius 3 is 2.26 bits per heavy atom. The number of fused-ring (bicyclic) bond motifs is 3. The number of likely N-dealkylation sites (N-methyl/N-ethyl adjacent to an activating group) is 1. The quantitative estimate of drug-likeness (QED) is 0.373. The average molecular weight is 474 g/mol. The van der Waals surface area contributed by atoms with E-state index in [1.54, 1.807) is 7.11 Å². The minimum Gasteiger partial charge on any atom is -0.494 e. The van der Waals surface area contributed by atoms with Crippen LogP contribution in [-0.4, -0.2) is 50.1 Å². The predicted octanol–water partition coefficient (Wildman–Crippen LogP) is 5.45. The second-order valence-corrected chi connectivity index (χ2v) is 9.64. The zero-order valence-electron chi connectivity index (χ0n) is 19.7. The predicted molar refractivity (Wildman–Crippen MR) is 137 cm³/mol. The van der Waals surface area contributed by atoms with Gasteiger partial charge < -0.3 is 14.4 Å². The lowest BCUT2D eigenvalue weighted by Gasteiger charge is -2.31. The molecule has 1 aliphatic heterocycles. The summed E-state index contributed by atoms with van der Waals surface area (Å²) in [5, 5.41) is 0.677. The first-order valence-electron chi connectivity index (χ1n) is 11.2. The number of nitrogens with zero attached hydrogens (tertiary/aromatic N) is 3. The number of methoxy groups -OCH3 is 1. The van der Waals surface area contributed by atoms with Crippen molar-refractivity contribution >= 4 is 32.6 Å².